The van der Waals surface area contributed by atoms with Gasteiger partial charge in [0.25, 0.3) is 5.91 Å². The van der Waals surface area contributed by atoms with Crippen molar-refractivity contribution in [1.82, 2.24) is 5.43 Å². The summed E-state index contributed by atoms with van der Waals surface area (Å²) in [6.45, 7) is 2.16. The van der Waals surface area contributed by atoms with Crippen LogP contribution in [0.1, 0.15) is 11.1 Å². The minimum atomic E-state index is -0.229. The quantitative estimate of drug-likeness (QED) is 0.606. The summed E-state index contributed by atoms with van der Waals surface area (Å²) in [5, 5.41) is 6.97. The van der Waals surface area contributed by atoms with E-state index in [-0.39, 0.29) is 12.5 Å². The molecule has 6 heteroatoms. The predicted molar refractivity (Wildman–Crippen MR) is 95.0 cm³/mol. The number of nitrogens with one attached hydrogen (secondary N) is 2. The second-order valence-electron chi connectivity index (χ2n) is 5.13. The summed E-state index contributed by atoms with van der Waals surface area (Å²) in [7, 11) is 3.14. The van der Waals surface area contributed by atoms with Crippen LogP contribution >= 0.6 is 0 Å². The minimum Gasteiger partial charge on any atom is -0.493 e. The normalized spacial score (nSPS) is 10.5. The Hall–Kier alpha value is -3.02. The van der Waals surface area contributed by atoms with Gasteiger partial charge < -0.3 is 14.8 Å². The third-order valence-corrected chi connectivity index (χ3v) is 3.32. The lowest BCUT2D eigenvalue weighted by Crippen LogP contribution is -2.25. The van der Waals surface area contributed by atoms with Crippen LogP contribution in [0.25, 0.3) is 0 Å². The number of methoxy groups -OCH3 is 2. The van der Waals surface area contributed by atoms with E-state index in [4.69, 9.17) is 9.47 Å². The van der Waals surface area contributed by atoms with E-state index in [0.29, 0.717) is 11.5 Å². The van der Waals surface area contributed by atoms with Crippen molar-refractivity contribution in [3.8, 4) is 11.5 Å². The summed E-state index contributed by atoms with van der Waals surface area (Å²) in [6, 6.07) is 13.2. The molecule has 0 saturated carbocycles. The van der Waals surface area contributed by atoms with Gasteiger partial charge >= 0.3 is 0 Å². The first-order chi connectivity index (χ1) is 11.6. The SMILES string of the molecule is COc1ccc(C=NNC(=O)CNc2ccc(C)cc2)cc1OC. The predicted octanol–water partition coefficient (Wildman–Crippen LogP) is 2.57. The molecule has 24 heavy (non-hydrogen) atoms. The van der Waals surface area contributed by atoms with Gasteiger partial charge in [-0.1, -0.05) is 17.7 Å². The second kappa shape index (κ2) is 8.57. The molecule has 0 aromatic heterocycles. The first-order valence-corrected chi connectivity index (χ1v) is 7.47. The van der Waals surface area contributed by atoms with Crippen LogP contribution in [0.2, 0.25) is 0 Å². The number of amides is 1. The molecule has 0 unspecified atom stereocenters. The van der Waals surface area contributed by atoms with Gasteiger partial charge in [-0.15, -0.1) is 0 Å². The molecule has 0 aliphatic rings. The summed E-state index contributed by atoms with van der Waals surface area (Å²) in [5.41, 5.74) is 5.33. The Bertz CT molecular complexity index is 712. The molecule has 0 aliphatic carbocycles. The van der Waals surface area contributed by atoms with Crippen LogP contribution in [-0.4, -0.2) is 32.9 Å². The number of carbonyl (C=O) groups is 1. The van der Waals surface area contributed by atoms with Gasteiger partial charge in [0.2, 0.25) is 0 Å². The molecule has 0 bridgehead atoms. The number of hydrogen-bond acceptors (Lipinski definition) is 5. The van der Waals surface area contributed by atoms with Crippen molar-refractivity contribution in [1.29, 1.82) is 0 Å². The maximum absolute atomic E-state index is 11.8. The van der Waals surface area contributed by atoms with E-state index in [1.54, 1.807) is 32.6 Å². The monoisotopic (exact) mass is 327 g/mol. The van der Waals surface area contributed by atoms with Crippen molar-refractivity contribution in [3.63, 3.8) is 0 Å². The zero-order chi connectivity index (χ0) is 17.4. The molecule has 2 aromatic carbocycles. The molecular formula is C18H21N3O3. The van der Waals surface area contributed by atoms with Crippen LogP contribution in [0, 0.1) is 6.92 Å². The first-order valence-electron chi connectivity index (χ1n) is 7.47. The number of ether oxygens (including phenoxy) is 2. The topological polar surface area (TPSA) is 72.0 Å². The highest BCUT2D eigenvalue weighted by Gasteiger charge is 2.03. The molecule has 2 aromatic rings. The Morgan fingerprint density at radius 3 is 2.46 bits per heavy atom. The fourth-order valence-corrected chi connectivity index (χ4v) is 2.01. The molecule has 0 saturated heterocycles. The van der Waals surface area contributed by atoms with E-state index in [1.165, 1.54) is 5.56 Å². The largest absolute Gasteiger partial charge is 0.493 e. The van der Waals surface area contributed by atoms with Crippen LogP contribution in [0.3, 0.4) is 0 Å². The summed E-state index contributed by atoms with van der Waals surface area (Å²) in [5.74, 6) is 1.02. The van der Waals surface area contributed by atoms with E-state index in [1.807, 2.05) is 37.3 Å². The van der Waals surface area contributed by atoms with Gasteiger partial charge in [-0.2, -0.15) is 5.10 Å². The van der Waals surface area contributed by atoms with E-state index < -0.39 is 0 Å². The molecule has 0 atom stereocenters. The van der Waals surface area contributed by atoms with Gasteiger partial charge in [0.05, 0.1) is 27.0 Å². The minimum absolute atomic E-state index is 0.145. The number of anilines is 1. The lowest BCUT2D eigenvalue weighted by molar-refractivity contribution is -0.119. The van der Waals surface area contributed by atoms with Gasteiger partial charge in [0.1, 0.15) is 0 Å². The summed E-state index contributed by atoms with van der Waals surface area (Å²) >= 11 is 0. The standard InChI is InChI=1S/C18H21N3O3/c1-13-4-7-15(8-5-13)19-12-18(22)21-20-11-14-6-9-16(23-2)17(10-14)24-3/h4-11,19H,12H2,1-3H3,(H,21,22). The van der Waals surface area contributed by atoms with Crippen molar-refractivity contribution in [3.05, 3.63) is 53.6 Å². The molecule has 2 N–H and O–H groups in total. The van der Waals surface area contributed by atoms with Crippen LogP contribution in [0.15, 0.2) is 47.6 Å². The molecule has 2 rings (SSSR count). The van der Waals surface area contributed by atoms with Crippen molar-refractivity contribution in [2.24, 2.45) is 5.10 Å². The zero-order valence-corrected chi connectivity index (χ0v) is 14.0. The average Bonchev–Trinajstić information content (AvgIpc) is 2.61. The molecule has 0 radical (unpaired) electrons. The Balaban J connectivity index is 1.84. The fraction of sp³-hybridized carbons (Fsp3) is 0.222. The Kier molecular flexibility index (Phi) is 6.19. The maximum Gasteiger partial charge on any atom is 0.259 e. The Labute approximate surface area is 141 Å². The smallest absolute Gasteiger partial charge is 0.259 e. The van der Waals surface area contributed by atoms with Gasteiger partial charge in [-0.3, -0.25) is 4.79 Å². The highest BCUT2D eigenvalue weighted by atomic mass is 16.5. The summed E-state index contributed by atoms with van der Waals surface area (Å²) in [6.07, 6.45) is 1.55. The number of carbonyl (C=O) groups excluding carboxylic acids is 1. The highest BCUT2D eigenvalue weighted by Crippen LogP contribution is 2.26. The molecular weight excluding hydrogens is 306 g/mol. The second-order valence-corrected chi connectivity index (χ2v) is 5.13. The van der Waals surface area contributed by atoms with Crippen LogP contribution in [-0.2, 0) is 4.79 Å². The Morgan fingerprint density at radius 2 is 1.79 bits per heavy atom. The number of hydrogen-bond donors (Lipinski definition) is 2. The molecule has 0 spiro atoms. The van der Waals surface area contributed by atoms with Crippen molar-refractivity contribution in [2.45, 2.75) is 6.92 Å². The zero-order valence-electron chi connectivity index (χ0n) is 14.0. The molecule has 6 nitrogen and oxygen atoms in total. The third-order valence-electron chi connectivity index (χ3n) is 3.32. The van der Waals surface area contributed by atoms with Crippen molar-refractivity contribution < 1.29 is 14.3 Å². The van der Waals surface area contributed by atoms with Crippen molar-refractivity contribution in [2.75, 3.05) is 26.1 Å². The van der Waals surface area contributed by atoms with Crippen LogP contribution in [0.5, 0.6) is 11.5 Å². The number of rotatable bonds is 7. The number of aryl methyl sites for hydroxylation is 1. The van der Waals surface area contributed by atoms with E-state index in [2.05, 4.69) is 15.8 Å². The Morgan fingerprint density at radius 1 is 1.08 bits per heavy atom. The van der Waals surface area contributed by atoms with Gasteiger partial charge in [0.15, 0.2) is 11.5 Å². The molecule has 0 heterocycles. The number of hydrazone groups is 1. The van der Waals surface area contributed by atoms with Gasteiger partial charge in [0, 0.05) is 5.69 Å². The summed E-state index contributed by atoms with van der Waals surface area (Å²) in [4.78, 5) is 11.8. The summed E-state index contributed by atoms with van der Waals surface area (Å²) < 4.78 is 10.4. The first kappa shape index (κ1) is 17.3. The maximum atomic E-state index is 11.8. The fourth-order valence-electron chi connectivity index (χ4n) is 2.01. The van der Waals surface area contributed by atoms with Crippen LogP contribution < -0.4 is 20.2 Å². The molecule has 0 fully saturated rings. The highest BCUT2D eigenvalue weighted by molar-refractivity contribution is 5.84. The van der Waals surface area contributed by atoms with E-state index >= 15 is 0 Å². The molecule has 0 aliphatic heterocycles. The third kappa shape index (κ3) is 5.01. The van der Waals surface area contributed by atoms with Crippen molar-refractivity contribution >= 4 is 17.8 Å². The van der Waals surface area contributed by atoms with E-state index in [0.717, 1.165) is 11.3 Å². The molecule has 1 amide bonds. The number of nitrogens with zero attached hydrogens (tertiary/aromatic N) is 1. The molecule has 126 valence electrons. The van der Waals surface area contributed by atoms with Gasteiger partial charge in [-0.05, 0) is 42.8 Å². The van der Waals surface area contributed by atoms with Gasteiger partial charge in [-0.25, -0.2) is 5.43 Å². The van der Waals surface area contributed by atoms with E-state index in [9.17, 15) is 4.79 Å². The number of benzene rings is 2. The lowest BCUT2D eigenvalue weighted by atomic mass is 10.2. The average molecular weight is 327 g/mol. The lowest BCUT2D eigenvalue weighted by Gasteiger charge is -2.07. The van der Waals surface area contributed by atoms with Crippen LogP contribution in [0.4, 0.5) is 5.69 Å².